The molecular weight excluding hydrogens is 330 g/mol. The maximum Gasteiger partial charge on any atom is 0.236 e. The molecule has 1 aliphatic rings. The van der Waals surface area contributed by atoms with Crippen molar-refractivity contribution in [2.45, 2.75) is 12.5 Å². The first-order valence-electron chi connectivity index (χ1n) is 6.75. The van der Waals surface area contributed by atoms with Crippen molar-refractivity contribution >= 4 is 38.8 Å². The number of fused-ring (bicyclic) bond motifs is 3. The molecule has 21 heavy (non-hydrogen) atoms. The van der Waals surface area contributed by atoms with E-state index >= 15 is 0 Å². The standard InChI is InChI=1S/C16H12BrN3O/c17-11-7-5-10(6-8-11)13-9-15(21)20-14-4-2-1-3-12(14)18-16(20)19-13/h1-8,13H,9H2,(H,18,19). The number of nitrogens with one attached hydrogen (secondary N) is 1. The summed E-state index contributed by atoms with van der Waals surface area (Å²) in [7, 11) is 0. The molecule has 0 amide bonds. The summed E-state index contributed by atoms with van der Waals surface area (Å²) in [4.78, 5) is 17.0. The van der Waals surface area contributed by atoms with Gasteiger partial charge in [-0.1, -0.05) is 40.2 Å². The molecule has 4 nitrogen and oxygen atoms in total. The van der Waals surface area contributed by atoms with Crippen molar-refractivity contribution in [1.82, 2.24) is 9.55 Å². The number of hydrogen-bond donors (Lipinski definition) is 1. The Morgan fingerprint density at radius 3 is 2.71 bits per heavy atom. The molecule has 1 aliphatic heterocycles. The fraction of sp³-hybridized carbons (Fsp3) is 0.125. The summed E-state index contributed by atoms with van der Waals surface area (Å²) in [5.41, 5.74) is 2.79. The average molecular weight is 342 g/mol. The first-order chi connectivity index (χ1) is 10.2. The molecular formula is C16H12BrN3O. The van der Waals surface area contributed by atoms with Gasteiger partial charge in [0.1, 0.15) is 0 Å². The number of carbonyl (C=O) groups excluding carboxylic acids is 1. The predicted octanol–water partition coefficient (Wildman–Crippen LogP) is 4.00. The van der Waals surface area contributed by atoms with Crippen LogP contribution in [0.4, 0.5) is 5.95 Å². The lowest BCUT2D eigenvalue weighted by Gasteiger charge is -2.25. The molecule has 104 valence electrons. The summed E-state index contributed by atoms with van der Waals surface area (Å²) < 4.78 is 2.70. The Labute approximate surface area is 129 Å². The summed E-state index contributed by atoms with van der Waals surface area (Å²) in [5, 5.41) is 3.37. The van der Waals surface area contributed by atoms with E-state index in [2.05, 4.69) is 26.2 Å². The zero-order valence-electron chi connectivity index (χ0n) is 11.1. The van der Waals surface area contributed by atoms with Crippen molar-refractivity contribution in [3.05, 3.63) is 58.6 Å². The third-order valence-corrected chi connectivity index (χ3v) is 4.29. The zero-order chi connectivity index (χ0) is 14.4. The number of para-hydroxylation sites is 2. The molecule has 1 N–H and O–H groups in total. The number of hydrogen-bond acceptors (Lipinski definition) is 3. The molecule has 2 heterocycles. The van der Waals surface area contributed by atoms with Gasteiger partial charge in [-0.05, 0) is 29.8 Å². The van der Waals surface area contributed by atoms with Crippen LogP contribution in [0.5, 0.6) is 0 Å². The first kappa shape index (κ1) is 12.6. The maximum atomic E-state index is 12.5. The SMILES string of the molecule is O=C1CC(c2ccc(Br)cc2)Nc2nc3ccccc3n21. The molecule has 0 aliphatic carbocycles. The first-order valence-corrected chi connectivity index (χ1v) is 7.54. The number of benzene rings is 2. The largest absolute Gasteiger partial charge is 0.348 e. The molecule has 0 saturated heterocycles. The van der Waals surface area contributed by atoms with Crippen LogP contribution in [0.15, 0.2) is 53.0 Å². The Morgan fingerprint density at radius 1 is 1.14 bits per heavy atom. The predicted molar refractivity (Wildman–Crippen MR) is 85.5 cm³/mol. The molecule has 1 unspecified atom stereocenters. The molecule has 0 saturated carbocycles. The minimum atomic E-state index is -0.0325. The van der Waals surface area contributed by atoms with E-state index in [1.165, 1.54) is 0 Å². The van der Waals surface area contributed by atoms with Crippen LogP contribution in [-0.4, -0.2) is 15.5 Å². The van der Waals surface area contributed by atoms with Gasteiger partial charge in [-0.3, -0.25) is 4.79 Å². The lowest BCUT2D eigenvalue weighted by molar-refractivity contribution is 0.0893. The van der Waals surface area contributed by atoms with Crippen molar-refractivity contribution in [3.63, 3.8) is 0 Å². The molecule has 4 rings (SSSR count). The molecule has 0 spiro atoms. The monoisotopic (exact) mass is 341 g/mol. The van der Waals surface area contributed by atoms with Crippen LogP contribution in [0.1, 0.15) is 22.8 Å². The number of anilines is 1. The van der Waals surface area contributed by atoms with E-state index in [0.717, 1.165) is 21.1 Å². The van der Waals surface area contributed by atoms with E-state index in [9.17, 15) is 4.79 Å². The Balaban J connectivity index is 1.78. The second-order valence-electron chi connectivity index (χ2n) is 5.11. The summed E-state index contributed by atoms with van der Waals surface area (Å²) in [5.74, 6) is 0.700. The number of halogens is 1. The molecule has 3 aromatic rings. The Bertz CT molecular complexity index is 838. The van der Waals surface area contributed by atoms with Crippen LogP contribution >= 0.6 is 15.9 Å². The van der Waals surface area contributed by atoms with Gasteiger partial charge in [-0.25, -0.2) is 9.55 Å². The van der Waals surface area contributed by atoms with E-state index in [1.54, 1.807) is 4.57 Å². The lowest BCUT2D eigenvalue weighted by Crippen LogP contribution is -2.27. The number of rotatable bonds is 1. The minimum absolute atomic E-state index is 0.0325. The van der Waals surface area contributed by atoms with Gasteiger partial charge in [0.05, 0.1) is 23.5 Å². The van der Waals surface area contributed by atoms with E-state index in [-0.39, 0.29) is 11.9 Å². The topological polar surface area (TPSA) is 46.9 Å². The maximum absolute atomic E-state index is 12.5. The van der Waals surface area contributed by atoms with E-state index in [4.69, 9.17) is 0 Å². The number of imidazole rings is 1. The van der Waals surface area contributed by atoms with E-state index in [0.29, 0.717) is 12.4 Å². The number of carbonyl (C=O) groups is 1. The summed E-state index contributed by atoms with van der Waals surface area (Å²) in [6.45, 7) is 0. The van der Waals surface area contributed by atoms with Crippen LogP contribution in [0.2, 0.25) is 0 Å². The van der Waals surface area contributed by atoms with Gasteiger partial charge in [0, 0.05) is 4.47 Å². The molecule has 5 heteroatoms. The number of aromatic nitrogens is 2. The van der Waals surface area contributed by atoms with Crippen LogP contribution < -0.4 is 5.32 Å². The van der Waals surface area contributed by atoms with Crippen molar-refractivity contribution in [2.75, 3.05) is 5.32 Å². The van der Waals surface area contributed by atoms with Gasteiger partial charge < -0.3 is 5.32 Å². The van der Waals surface area contributed by atoms with E-state index < -0.39 is 0 Å². The van der Waals surface area contributed by atoms with Crippen LogP contribution in [-0.2, 0) is 0 Å². The highest BCUT2D eigenvalue weighted by atomic mass is 79.9. The van der Waals surface area contributed by atoms with Gasteiger partial charge in [0.25, 0.3) is 0 Å². The fourth-order valence-electron chi connectivity index (χ4n) is 2.74. The Morgan fingerprint density at radius 2 is 1.90 bits per heavy atom. The normalized spacial score (nSPS) is 17.6. The van der Waals surface area contributed by atoms with Crippen LogP contribution in [0.25, 0.3) is 11.0 Å². The average Bonchev–Trinajstić information content (AvgIpc) is 2.86. The van der Waals surface area contributed by atoms with Crippen molar-refractivity contribution < 1.29 is 4.79 Å². The van der Waals surface area contributed by atoms with Gasteiger partial charge in [0.15, 0.2) is 0 Å². The summed E-state index contributed by atoms with van der Waals surface area (Å²) in [6, 6.07) is 15.7. The third-order valence-electron chi connectivity index (χ3n) is 3.76. The molecule has 1 atom stereocenters. The molecule has 0 bridgehead atoms. The van der Waals surface area contributed by atoms with Gasteiger partial charge >= 0.3 is 0 Å². The lowest BCUT2D eigenvalue weighted by atomic mass is 10.0. The fourth-order valence-corrected chi connectivity index (χ4v) is 3.01. The number of nitrogens with zero attached hydrogens (tertiary/aromatic N) is 2. The zero-order valence-corrected chi connectivity index (χ0v) is 12.7. The Hall–Kier alpha value is -2.14. The molecule has 0 radical (unpaired) electrons. The van der Waals surface area contributed by atoms with Gasteiger partial charge in [0.2, 0.25) is 11.9 Å². The quantitative estimate of drug-likeness (QED) is 0.727. The van der Waals surface area contributed by atoms with Crippen molar-refractivity contribution in [3.8, 4) is 0 Å². The minimum Gasteiger partial charge on any atom is -0.348 e. The van der Waals surface area contributed by atoms with Crippen LogP contribution in [0, 0.1) is 0 Å². The van der Waals surface area contributed by atoms with Gasteiger partial charge in [-0.2, -0.15) is 0 Å². The summed E-state index contributed by atoms with van der Waals surface area (Å²) in [6.07, 6.45) is 0.426. The van der Waals surface area contributed by atoms with Crippen molar-refractivity contribution in [1.29, 1.82) is 0 Å². The molecule has 2 aromatic carbocycles. The van der Waals surface area contributed by atoms with Crippen LogP contribution in [0.3, 0.4) is 0 Å². The highest BCUT2D eigenvalue weighted by Crippen LogP contribution is 2.31. The third kappa shape index (κ3) is 2.05. The highest BCUT2D eigenvalue weighted by Gasteiger charge is 2.28. The van der Waals surface area contributed by atoms with Crippen molar-refractivity contribution in [2.24, 2.45) is 0 Å². The molecule has 0 fully saturated rings. The second-order valence-corrected chi connectivity index (χ2v) is 6.02. The smallest absolute Gasteiger partial charge is 0.236 e. The highest BCUT2D eigenvalue weighted by molar-refractivity contribution is 9.10. The molecule has 1 aromatic heterocycles. The second kappa shape index (κ2) is 4.70. The van der Waals surface area contributed by atoms with Gasteiger partial charge in [-0.15, -0.1) is 0 Å². The van der Waals surface area contributed by atoms with E-state index in [1.807, 2.05) is 48.5 Å². The Kier molecular flexibility index (Phi) is 2.82. The summed E-state index contributed by atoms with van der Waals surface area (Å²) >= 11 is 3.43.